The molecule has 208 valence electrons. The lowest BCUT2D eigenvalue weighted by Crippen LogP contribution is -2.04. The minimum atomic E-state index is 0.837. The zero-order valence-corrected chi connectivity index (χ0v) is 24.3. The topological polar surface area (TPSA) is 30.7 Å². The van der Waals surface area contributed by atoms with Crippen molar-refractivity contribution in [3.05, 3.63) is 152 Å². The first-order chi connectivity index (χ1) is 22.3. The summed E-state index contributed by atoms with van der Waals surface area (Å²) in [5, 5.41) is 5.03. The van der Waals surface area contributed by atoms with Crippen molar-refractivity contribution in [2.75, 3.05) is 0 Å². The van der Waals surface area contributed by atoms with Crippen molar-refractivity contribution < 1.29 is 0 Å². The number of para-hydroxylation sites is 2. The van der Waals surface area contributed by atoms with E-state index in [0.717, 1.165) is 39.1 Å². The van der Waals surface area contributed by atoms with E-state index in [4.69, 9.17) is 9.97 Å². The number of rotatable bonds is 3. The van der Waals surface area contributed by atoms with Gasteiger partial charge in [0.05, 0.1) is 22.1 Å². The summed E-state index contributed by atoms with van der Waals surface area (Å²) in [7, 11) is 0. The number of fused-ring (bicyclic) bond motifs is 4. The van der Waals surface area contributed by atoms with Crippen LogP contribution in [0.5, 0.6) is 0 Å². The summed E-state index contributed by atoms with van der Waals surface area (Å²) in [6, 6.07) is 54.1. The van der Waals surface area contributed by atoms with E-state index in [0.29, 0.717) is 0 Å². The lowest BCUT2D eigenvalue weighted by Gasteiger charge is -2.17. The van der Waals surface area contributed by atoms with Gasteiger partial charge in [0, 0.05) is 21.9 Å². The van der Waals surface area contributed by atoms with Crippen LogP contribution in [0.25, 0.3) is 94.1 Å². The predicted molar refractivity (Wildman–Crippen MR) is 187 cm³/mol. The van der Waals surface area contributed by atoms with Gasteiger partial charge in [-0.05, 0) is 62.9 Å². The molecule has 9 aromatic rings. The van der Waals surface area contributed by atoms with Gasteiger partial charge in [-0.15, -0.1) is 0 Å². The molecular weight excluding hydrogens is 546 g/mol. The van der Waals surface area contributed by atoms with E-state index < -0.39 is 0 Å². The van der Waals surface area contributed by atoms with Crippen molar-refractivity contribution in [1.82, 2.24) is 14.5 Å². The quantitative estimate of drug-likeness (QED) is 0.211. The molecule has 2 aromatic heterocycles. The number of aromatic nitrogens is 3. The van der Waals surface area contributed by atoms with Gasteiger partial charge < -0.3 is 0 Å². The molecule has 0 fully saturated rings. The van der Waals surface area contributed by atoms with Crippen LogP contribution in [0.3, 0.4) is 0 Å². The fraction of sp³-hybridized carbons (Fsp3) is 0. The Labute approximate surface area is 259 Å². The van der Waals surface area contributed by atoms with Crippen LogP contribution in [0, 0.1) is 0 Å². The molecule has 0 saturated carbocycles. The first-order valence-electron chi connectivity index (χ1n) is 15.4. The molecular formula is C42H25N3. The highest BCUT2D eigenvalue weighted by Gasteiger charge is 2.28. The van der Waals surface area contributed by atoms with Crippen molar-refractivity contribution in [3.63, 3.8) is 0 Å². The fourth-order valence-electron chi connectivity index (χ4n) is 7.43. The summed E-state index contributed by atoms with van der Waals surface area (Å²) in [5.74, 6) is 0.837. The van der Waals surface area contributed by atoms with Crippen molar-refractivity contribution in [1.29, 1.82) is 0 Å². The molecule has 3 nitrogen and oxygen atoms in total. The highest BCUT2D eigenvalue weighted by molar-refractivity contribution is 6.31. The molecule has 2 heterocycles. The second-order valence-electron chi connectivity index (χ2n) is 11.7. The molecule has 10 rings (SSSR count). The second kappa shape index (κ2) is 9.22. The Morgan fingerprint density at radius 2 is 1.00 bits per heavy atom. The summed E-state index contributed by atoms with van der Waals surface area (Å²) in [6.07, 6.45) is 0. The van der Waals surface area contributed by atoms with Crippen molar-refractivity contribution in [3.8, 4) is 50.5 Å². The van der Waals surface area contributed by atoms with E-state index in [2.05, 4.69) is 132 Å². The third-order valence-corrected chi connectivity index (χ3v) is 9.32. The molecule has 0 radical (unpaired) electrons. The lowest BCUT2D eigenvalue weighted by atomic mass is 9.88. The van der Waals surface area contributed by atoms with Gasteiger partial charge in [-0.1, -0.05) is 127 Å². The van der Waals surface area contributed by atoms with Gasteiger partial charge in [0.15, 0.2) is 5.82 Å². The van der Waals surface area contributed by atoms with Crippen LogP contribution in [0.15, 0.2) is 152 Å². The van der Waals surface area contributed by atoms with Gasteiger partial charge in [0.2, 0.25) is 0 Å². The first-order valence-corrected chi connectivity index (χ1v) is 15.4. The molecule has 45 heavy (non-hydrogen) atoms. The Morgan fingerprint density at radius 1 is 0.378 bits per heavy atom. The van der Waals surface area contributed by atoms with Crippen LogP contribution in [-0.2, 0) is 0 Å². The summed E-state index contributed by atoms with van der Waals surface area (Å²) in [4.78, 5) is 10.6. The van der Waals surface area contributed by atoms with E-state index in [1.807, 2.05) is 24.3 Å². The van der Waals surface area contributed by atoms with E-state index in [1.54, 1.807) is 0 Å². The Kier molecular flexibility index (Phi) is 5.00. The Balaban J connectivity index is 1.46. The normalized spacial score (nSPS) is 12.0. The van der Waals surface area contributed by atoms with Crippen molar-refractivity contribution in [2.24, 2.45) is 0 Å². The molecule has 0 N–H and O–H groups in total. The fourth-order valence-corrected chi connectivity index (χ4v) is 7.43. The zero-order chi connectivity index (χ0) is 29.5. The lowest BCUT2D eigenvalue weighted by molar-refractivity contribution is 1.08. The average Bonchev–Trinajstić information content (AvgIpc) is 3.39. The molecule has 0 unspecified atom stereocenters. The first kappa shape index (κ1) is 24.4. The van der Waals surface area contributed by atoms with E-state index >= 15 is 0 Å². The maximum atomic E-state index is 5.37. The van der Waals surface area contributed by atoms with Gasteiger partial charge in [0.25, 0.3) is 0 Å². The summed E-state index contributed by atoms with van der Waals surface area (Å²) in [5.41, 5.74) is 13.4. The molecule has 1 aliphatic rings. The molecule has 0 atom stereocenters. The van der Waals surface area contributed by atoms with Crippen LogP contribution in [-0.4, -0.2) is 14.5 Å². The predicted octanol–water partition coefficient (Wildman–Crippen LogP) is 10.9. The molecule has 3 heteroatoms. The average molecular weight is 572 g/mol. The molecule has 0 amide bonds. The highest BCUT2D eigenvalue weighted by Crippen LogP contribution is 2.52. The van der Waals surface area contributed by atoms with Crippen molar-refractivity contribution in [2.45, 2.75) is 0 Å². The zero-order valence-electron chi connectivity index (χ0n) is 24.3. The van der Waals surface area contributed by atoms with Gasteiger partial charge in [-0.25, -0.2) is 9.97 Å². The summed E-state index contributed by atoms with van der Waals surface area (Å²) in [6.45, 7) is 0. The molecule has 0 spiro atoms. The molecule has 1 aliphatic carbocycles. The maximum Gasteiger partial charge on any atom is 0.165 e. The number of benzene rings is 7. The third-order valence-electron chi connectivity index (χ3n) is 9.32. The highest BCUT2D eigenvalue weighted by atomic mass is 15.1. The molecule has 0 bridgehead atoms. The Morgan fingerprint density at radius 3 is 1.80 bits per heavy atom. The van der Waals surface area contributed by atoms with Gasteiger partial charge >= 0.3 is 0 Å². The standard InChI is InChI=1S/C42H25N3/c1-3-12-26(13-4-1)29-23-25-36-40-38(29)32-18-8-7-17-30(32)31-19-11-16-27-22-24-35(39(40)37(27)31)45(36)42-41(28-14-5-2-6-15-28)43-33-20-9-10-21-34(33)44-42/h1-25H. The van der Waals surface area contributed by atoms with Gasteiger partial charge in [0.1, 0.15) is 5.69 Å². The largest absolute Gasteiger partial charge is 0.292 e. The summed E-state index contributed by atoms with van der Waals surface area (Å²) < 4.78 is 2.36. The van der Waals surface area contributed by atoms with E-state index in [1.165, 1.54) is 54.9 Å². The van der Waals surface area contributed by atoms with Crippen LogP contribution in [0.4, 0.5) is 0 Å². The third kappa shape index (κ3) is 3.41. The molecule has 7 aromatic carbocycles. The number of hydrogen-bond donors (Lipinski definition) is 0. The number of nitrogens with zero attached hydrogens (tertiary/aromatic N) is 3. The monoisotopic (exact) mass is 571 g/mol. The van der Waals surface area contributed by atoms with E-state index in [9.17, 15) is 0 Å². The Hall–Kier alpha value is -6.06. The minimum Gasteiger partial charge on any atom is -0.292 e. The smallest absolute Gasteiger partial charge is 0.165 e. The number of hydrogen-bond acceptors (Lipinski definition) is 2. The van der Waals surface area contributed by atoms with Crippen LogP contribution < -0.4 is 0 Å². The summed E-state index contributed by atoms with van der Waals surface area (Å²) >= 11 is 0. The van der Waals surface area contributed by atoms with Crippen LogP contribution >= 0.6 is 0 Å². The van der Waals surface area contributed by atoms with Crippen LogP contribution in [0.1, 0.15) is 0 Å². The van der Waals surface area contributed by atoms with E-state index in [-0.39, 0.29) is 0 Å². The Bertz CT molecular complexity index is 2630. The van der Waals surface area contributed by atoms with Crippen molar-refractivity contribution >= 4 is 43.6 Å². The van der Waals surface area contributed by atoms with Gasteiger partial charge in [-0.2, -0.15) is 0 Å². The SMILES string of the molecule is c1ccc(-c2ccc3c4c2-c2ccccc2-c2cccc5ccc(c4c25)n3-c2nc3ccccc3nc2-c2ccccc2)cc1. The maximum absolute atomic E-state index is 5.37. The van der Waals surface area contributed by atoms with Crippen LogP contribution in [0.2, 0.25) is 0 Å². The molecule has 0 saturated heterocycles. The van der Waals surface area contributed by atoms with Gasteiger partial charge in [-0.3, -0.25) is 4.57 Å². The minimum absolute atomic E-state index is 0.837. The molecule has 0 aliphatic heterocycles. The second-order valence-corrected chi connectivity index (χ2v) is 11.7.